The number of hydrogen-bond acceptors (Lipinski definition) is 4. The molecule has 134 valence electrons. The highest BCUT2D eigenvalue weighted by Gasteiger charge is 2.21. The summed E-state index contributed by atoms with van der Waals surface area (Å²) >= 11 is 0. The molecule has 24 heavy (non-hydrogen) atoms. The van der Waals surface area contributed by atoms with Crippen LogP contribution in [0.5, 0.6) is 0 Å². The first kappa shape index (κ1) is 19.9. The maximum absolute atomic E-state index is 12.1. The second-order valence-electron chi connectivity index (χ2n) is 6.22. The van der Waals surface area contributed by atoms with E-state index in [-0.39, 0.29) is 30.0 Å². The molecule has 2 N–H and O–H groups in total. The number of aromatic nitrogens is 1. The molecule has 0 aliphatic rings. The molecule has 0 aromatic carbocycles. The van der Waals surface area contributed by atoms with Crippen LogP contribution < -0.4 is 5.32 Å². The Labute approximate surface area is 143 Å². The summed E-state index contributed by atoms with van der Waals surface area (Å²) in [5.41, 5.74) is 1.90. The minimum absolute atomic E-state index is 0.0570. The van der Waals surface area contributed by atoms with E-state index in [1.165, 1.54) is 6.92 Å². The van der Waals surface area contributed by atoms with E-state index in [1.54, 1.807) is 13.8 Å². The Hall–Kier alpha value is -2.11. The third kappa shape index (κ3) is 5.51. The summed E-state index contributed by atoms with van der Waals surface area (Å²) in [4.78, 5) is 38.4. The smallest absolute Gasteiger partial charge is 0.355 e. The largest absolute Gasteiger partial charge is 0.451 e. The van der Waals surface area contributed by atoms with Crippen molar-refractivity contribution in [3.8, 4) is 0 Å². The topological polar surface area (TPSA) is 88.3 Å². The molecule has 6 nitrogen and oxygen atoms in total. The van der Waals surface area contributed by atoms with Crippen molar-refractivity contribution in [2.75, 3.05) is 6.61 Å². The van der Waals surface area contributed by atoms with Crippen molar-refractivity contribution in [2.45, 2.75) is 66.3 Å². The van der Waals surface area contributed by atoms with Gasteiger partial charge >= 0.3 is 5.97 Å². The molecule has 0 fully saturated rings. The van der Waals surface area contributed by atoms with Gasteiger partial charge < -0.3 is 15.0 Å². The van der Waals surface area contributed by atoms with Gasteiger partial charge in [-0.3, -0.25) is 9.59 Å². The van der Waals surface area contributed by atoms with E-state index >= 15 is 0 Å². The predicted octanol–water partition coefficient (Wildman–Crippen LogP) is 3.08. The van der Waals surface area contributed by atoms with Gasteiger partial charge in [0.2, 0.25) is 0 Å². The van der Waals surface area contributed by atoms with Crippen molar-refractivity contribution < 1.29 is 19.1 Å². The fourth-order valence-electron chi connectivity index (χ4n) is 2.77. The van der Waals surface area contributed by atoms with E-state index in [2.05, 4.69) is 17.2 Å². The summed E-state index contributed by atoms with van der Waals surface area (Å²) in [6, 6.07) is 0.0570. The molecule has 0 radical (unpaired) electrons. The minimum atomic E-state index is -0.628. The van der Waals surface area contributed by atoms with Crippen LogP contribution in [-0.2, 0) is 9.53 Å². The van der Waals surface area contributed by atoms with Crippen LogP contribution in [0.15, 0.2) is 0 Å². The van der Waals surface area contributed by atoms with Gasteiger partial charge in [0, 0.05) is 17.3 Å². The molecule has 1 atom stereocenters. The highest BCUT2D eigenvalue weighted by Crippen LogP contribution is 2.19. The predicted molar refractivity (Wildman–Crippen MR) is 92.3 cm³/mol. The Morgan fingerprint density at radius 1 is 1.21 bits per heavy atom. The number of nitrogens with one attached hydrogen (secondary N) is 2. The lowest BCUT2D eigenvalue weighted by Crippen LogP contribution is -2.35. The van der Waals surface area contributed by atoms with E-state index in [0.29, 0.717) is 16.8 Å². The number of Topliss-reactive ketones (excluding diaryl/α,β-unsaturated/α-hetero) is 1. The van der Waals surface area contributed by atoms with Gasteiger partial charge in [-0.2, -0.15) is 0 Å². The summed E-state index contributed by atoms with van der Waals surface area (Å²) in [7, 11) is 0. The highest BCUT2D eigenvalue weighted by molar-refractivity contribution is 6.01. The lowest BCUT2D eigenvalue weighted by molar-refractivity contribution is -0.124. The quantitative estimate of drug-likeness (QED) is 0.412. The first-order valence-electron chi connectivity index (χ1n) is 8.44. The van der Waals surface area contributed by atoms with Gasteiger partial charge in [-0.05, 0) is 39.7 Å². The van der Waals surface area contributed by atoms with Gasteiger partial charge in [-0.1, -0.05) is 26.2 Å². The molecule has 0 saturated heterocycles. The number of carbonyl (C=O) groups is 3. The molecule has 1 aromatic rings. The minimum Gasteiger partial charge on any atom is -0.451 e. The summed E-state index contributed by atoms with van der Waals surface area (Å²) in [6.07, 6.45) is 4.24. The SMILES string of the molecule is CCCCCC(C)NC(=O)COC(=O)c1[nH]c(C)c(C(C)=O)c1C. The lowest BCUT2D eigenvalue weighted by atomic mass is 10.1. The molecule has 6 heteroatoms. The van der Waals surface area contributed by atoms with Crippen molar-refractivity contribution in [1.82, 2.24) is 10.3 Å². The van der Waals surface area contributed by atoms with E-state index in [1.807, 2.05) is 6.92 Å². The van der Waals surface area contributed by atoms with Gasteiger partial charge in [-0.25, -0.2) is 4.79 Å². The van der Waals surface area contributed by atoms with Gasteiger partial charge in [0.05, 0.1) is 0 Å². The number of aromatic amines is 1. The first-order chi connectivity index (χ1) is 11.3. The zero-order chi connectivity index (χ0) is 18.3. The number of ether oxygens (including phenoxy) is 1. The van der Waals surface area contributed by atoms with Crippen LogP contribution in [0.4, 0.5) is 0 Å². The number of carbonyl (C=O) groups excluding carboxylic acids is 3. The second kappa shape index (κ2) is 9.25. The summed E-state index contributed by atoms with van der Waals surface area (Å²) in [5.74, 6) is -1.06. The molecule has 0 aliphatic heterocycles. The Kier molecular flexibility index (Phi) is 7.68. The number of ketones is 1. The lowest BCUT2D eigenvalue weighted by Gasteiger charge is -2.13. The van der Waals surface area contributed by atoms with Crippen molar-refractivity contribution in [2.24, 2.45) is 0 Å². The van der Waals surface area contributed by atoms with Gasteiger partial charge in [0.1, 0.15) is 5.69 Å². The third-order valence-electron chi connectivity index (χ3n) is 3.98. The number of amides is 1. The number of aryl methyl sites for hydroxylation is 1. The molecule has 0 spiro atoms. The van der Waals surface area contributed by atoms with E-state index in [9.17, 15) is 14.4 Å². The normalized spacial score (nSPS) is 11.9. The molecular formula is C18H28N2O4. The third-order valence-corrected chi connectivity index (χ3v) is 3.98. The Morgan fingerprint density at radius 3 is 2.42 bits per heavy atom. The van der Waals surface area contributed by atoms with Crippen LogP contribution in [0.1, 0.15) is 78.6 Å². The van der Waals surface area contributed by atoms with Crippen LogP contribution in [0.2, 0.25) is 0 Å². The average molecular weight is 336 g/mol. The Balaban J connectivity index is 2.53. The van der Waals surface area contributed by atoms with Crippen molar-refractivity contribution in [1.29, 1.82) is 0 Å². The van der Waals surface area contributed by atoms with Crippen LogP contribution in [-0.4, -0.2) is 35.3 Å². The molecule has 1 unspecified atom stereocenters. The van der Waals surface area contributed by atoms with Gasteiger partial charge in [0.15, 0.2) is 12.4 Å². The van der Waals surface area contributed by atoms with Crippen LogP contribution in [0, 0.1) is 13.8 Å². The van der Waals surface area contributed by atoms with E-state index in [4.69, 9.17) is 4.74 Å². The number of H-pyrrole nitrogens is 1. The Morgan fingerprint density at radius 2 is 1.88 bits per heavy atom. The maximum atomic E-state index is 12.1. The molecule has 1 amide bonds. The zero-order valence-electron chi connectivity index (χ0n) is 15.2. The average Bonchev–Trinajstić information content (AvgIpc) is 2.80. The first-order valence-corrected chi connectivity index (χ1v) is 8.44. The van der Waals surface area contributed by atoms with E-state index in [0.717, 1.165) is 25.7 Å². The molecule has 1 aromatic heterocycles. The molecule has 0 aliphatic carbocycles. The van der Waals surface area contributed by atoms with Crippen molar-refractivity contribution in [3.05, 3.63) is 22.5 Å². The summed E-state index contributed by atoms with van der Waals surface area (Å²) < 4.78 is 5.05. The second-order valence-corrected chi connectivity index (χ2v) is 6.22. The summed E-state index contributed by atoms with van der Waals surface area (Å²) in [5, 5.41) is 2.81. The maximum Gasteiger partial charge on any atom is 0.355 e. The number of unbranched alkanes of at least 4 members (excludes halogenated alkanes) is 2. The van der Waals surface area contributed by atoms with Crippen molar-refractivity contribution >= 4 is 17.7 Å². The Bertz CT molecular complexity index is 604. The van der Waals surface area contributed by atoms with Crippen LogP contribution in [0.3, 0.4) is 0 Å². The molecule has 1 rings (SSSR count). The van der Waals surface area contributed by atoms with Crippen molar-refractivity contribution in [3.63, 3.8) is 0 Å². The molecule has 0 bridgehead atoms. The highest BCUT2D eigenvalue weighted by atomic mass is 16.5. The fourth-order valence-corrected chi connectivity index (χ4v) is 2.77. The number of hydrogen-bond donors (Lipinski definition) is 2. The van der Waals surface area contributed by atoms with Crippen LogP contribution in [0.25, 0.3) is 0 Å². The van der Waals surface area contributed by atoms with E-state index < -0.39 is 5.97 Å². The zero-order valence-corrected chi connectivity index (χ0v) is 15.2. The number of rotatable bonds is 9. The van der Waals surface area contributed by atoms with Gasteiger partial charge in [-0.15, -0.1) is 0 Å². The fraction of sp³-hybridized carbons (Fsp3) is 0.611. The molecule has 1 heterocycles. The molecule has 0 saturated carbocycles. The summed E-state index contributed by atoms with van der Waals surface area (Å²) in [6.45, 7) is 8.60. The number of esters is 1. The standard InChI is InChI=1S/C18H28N2O4/c1-6-7-8-9-11(2)19-15(22)10-24-18(23)17-12(3)16(14(5)21)13(4)20-17/h11,20H,6-10H2,1-5H3,(H,19,22). The van der Waals surface area contributed by atoms with Crippen LogP contribution >= 0.6 is 0 Å². The van der Waals surface area contributed by atoms with Gasteiger partial charge in [0.25, 0.3) is 5.91 Å². The molecular weight excluding hydrogens is 308 g/mol. The monoisotopic (exact) mass is 336 g/mol.